The van der Waals surface area contributed by atoms with Gasteiger partial charge in [0.05, 0.1) is 24.6 Å². The Balaban J connectivity index is 1.91. The summed E-state index contributed by atoms with van der Waals surface area (Å²) in [6.45, 7) is 5.45. The molecule has 3 aromatic rings. The van der Waals surface area contributed by atoms with Gasteiger partial charge in [-0.2, -0.15) is 9.78 Å². The van der Waals surface area contributed by atoms with Gasteiger partial charge in [-0.25, -0.2) is 0 Å². The highest BCUT2D eigenvalue weighted by atomic mass is 16.5. The highest BCUT2D eigenvalue weighted by Crippen LogP contribution is 2.29. The Morgan fingerprint density at radius 1 is 1.04 bits per heavy atom. The molecule has 0 amide bonds. The van der Waals surface area contributed by atoms with Gasteiger partial charge in [0, 0.05) is 17.7 Å². The van der Waals surface area contributed by atoms with Crippen LogP contribution in [0.1, 0.15) is 19.4 Å². The molecule has 146 valence electrons. The van der Waals surface area contributed by atoms with Crippen molar-refractivity contribution in [3.8, 4) is 28.3 Å². The summed E-state index contributed by atoms with van der Waals surface area (Å²) in [5.74, 6) is 0.941. The smallest absolute Gasteiger partial charge is 0.272 e. The first-order chi connectivity index (χ1) is 13.3. The maximum absolute atomic E-state index is 12.6. The molecule has 1 N–H and O–H groups in total. The highest BCUT2D eigenvalue weighted by Gasteiger charge is 2.16. The summed E-state index contributed by atoms with van der Waals surface area (Å²) in [7, 11) is 1.52. The SMILES string of the molecule is COc1cc(-n2ncc(-c3ccc(C)cc3)cc2=O)ccc1OCC(C)(C)O. The minimum absolute atomic E-state index is 0.117. The minimum atomic E-state index is -0.964. The fourth-order valence-corrected chi connectivity index (χ4v) is 2.67. The Hall–Kier alpha value is -3.12. The Morgan fingerprint density at radius 3 is 2.36 bits per heavy atom. The van der Waals surface area contributed by atoms with E-state index in [2.05, 4.69) is 5.10 Å². The van der Waals surface area contributed by atoms with Crippen molar-refractivity contribution in [2.24, 2.45) is 0 Å². The average molecular weight is 380 g/mol. The number of rotatable bonds is 6. The summed E-state index contributed by atoms with van der Waals surface area (Å²) < 4.78 is 12.3. The lowest BCUT2D eigenvalue weighted by molar-refractivity contribution is 0.0276. The molecule has 28 heavy (non-hydrogen) atoms. The summed E-state index contributed by atoms with van der Waals surface area (Å²) in [5.41, 5.74) is 2.21. The molecule has 6 heteroatoms. The first kappa shape index (κ1) is 19.6. The first-order valence-corrected chi connectivity index (χ1v) is 8.97. The van der Waals surface area contributed by atoms with Crippen LogP contribution in [0, 0.1) is 6.92 Å². The molecule has 0 saturated carbocycles. The van der Waals surface area contributed by atoms with Gasteiger partial charge in [0.25, 0.3) is 5.56 Å². The van der Waals surface area contributed by atoms with Crippen molar-refractivity contribution in [3.63, 3.8) is 0 Å². The van der Waals surface area contributed by atoms with E-state index in [9.17, 15) is 9.90 Å². The third-order valence-electron chi connectivity index (χ3n) is 4.16. The number of aromatic nitrogens is 2. The molecule has 0 aliphatic heterocycles. The van der Waals surface area contributed by atoms with Gasteiger partial charge >= 0.3 is 0 Å². The van der Waals surface area contributed by atoms with Crippen molar-refractivity contribution in [1.29, 1.82) is 0 Å². The lowest BCUT2D eigenvalue weighted by Gasteiger charge is -2.19. The number of hydrogen-bond acceptors (Lipinski definition) is 5. The lowest BCUT2D eigenvalue weighted by Crippen LogP contribution is -2.28. The second kappa shape index (κ2) is 7.86. The predicted octanol–water partition coefficient (Wildman–Crippen LogP) is 3.37. The van der Waals surface area contributed by atoms with E-state index < -0.39 is 5.60 Å². The number of ether oxygens (including phenoxy) is 2. The molecular weight excluding hydrogens is 356 g/mol. The Bertz CT molecular complexity index is 1020. The molecule has 0 fully saturated rings. The highest BCUT2D eigenvalue weighted by molar-refractivity contribution is 5.62. The van der Waals surface area contributed by atoms with Crippen LogP contribution >= 0.6 is 0 Å². The van der Waals surface area contributed by atoms with Crippen molar-refractivity contribution < 1.29 is 14.6 Å². The average Bonchev–Trinajstić information content (AvgIpc) is 2.66. The number of benzene rings is 2. The largest absolute Gasteiger partial charge is 0.493 e. The van der Waals surface area contributed by atoms with Crippen molar-refractivity contribution in [3.05, 3.63) is 70.6 Å². The maximum atomic E-state index is 12.6. The van der Waals surface area contributed by atoms with Crippen LogP contribution in [0.3, 0.4) is 0 Å². The van der Waals surface area contributed by atoms with Crippen molar-refractivity contribution in [2.45, 2.75) is 26.4 Å². The Morgan fingerprint density at radius 2 is 1.75 bits per heavy atom. The Kier molecular flexibility index (Phi) is 5.51. The molecule has 6 nitrogen and oxygen atoms in total. The van der Waals surface area contributed by atoms with Gasteiger partial charge in [-0.1, -0.05) is 29.8 Å². The summed E-state index contributed by atoms with van der Waals surface area (Å²) in [5, 5.41) is 14.1. The summed E-state index contributed by atoms with van der Waals surface area (Å²) >= 11 is 0. The van der Waals surface area contributed by atoms with Crippen LogP contribution < -0.4 is 15.0 Å². The number of hydrogen-bond donors (Lipinski definition) is 1. The van der Waals surface area contributed by atoms with Gasteiger partial charge in [0.1, 0.15) is 6.61 Å². The van der Waals surface area contributed by atoms with Crippen molar-refractivity contribution in [2.75, 3.05) is 13.7 Å². The normalized spacial score (nSPS) is 11.3. The van der Waals surface area contributed by atoms with E-state index in [1.807, 2.05) is 31.2 Å². The molecule has 0 unspecified atom stereocenters. The topological polar surface area (TPSA) is 73.6 Å². The molecule has 0 saturated heterocycles. The third-order valence-corrected chi connectivity index (χ3v) is 4.16. The second-order valence-electron chi connectivity index (χ2n) is 7.30. The maximum Gasteiger partial charge on any atom is 0.272 e. The van der Waals surface area contributed by atoms with Crippen LogP contribution in [-0.2, 0) is 0 Å². The van der Waals surface area contributed by atoms with E-state index in [0.29, 0.717) is 17.2 Å². The predicted molar refractivity (Wildman–Crippen MR) is 108 cm³/mol. The number of methoxy groups -OCH3 is 1. The van der Waals surface area contributed by atoms with Gasteiger partial charge in [0.2, 0.25) is 0 Å². The third kappa shape index (κ3) is 4.58. The van der Waals surface area contributed by atoms with E-state index in [0.717, 1.165) is 16.7 Å². The molecule has 0 radical (unpaired) electrons. The molecule has 0 spiro atoms. The zero-order chi connectivity index (χ0) is 20.3. The molecule has 0 bridgehead atoms. The van der Waals surface area contributed by atoms with Crippen LogP contribution in [0.2, 0.25) is 0 Å². The lowest BCUT2D eigenvalue weighted by atomic mass is 10.1. The van der Waals surface area contributed by atoms with Crippen LogP contribution in [0.25, 0.3) is 16.8 Å². The number of nitrogens with zero attached hydrogens (tertiary/aromatic N) is 2. The monoisotopic (exact) mass is 380 g/mol. The van der Waals surface area contributed by atoms with Gasteiger partial charge in [-0.05, 0) is 38.5 Å². The van der Waals surface area contributed by atoms with Gasteiger partial charge in [-0.15, -0.1) is 0 Å². The van der Waals surface area contributed by atoms with E-state index in [1.165, 1.54) is 11.8 Å². The first-order valence-electron chi connectivity index (χ1n) is 8.97. The van der Waals surface area contributed by atoms with Crippen LogP contribution in [0.4, 0.5) is 0 Å². The minimum Gasteiger partial charge on any atom is -0.493 e. The zero-order valence-corrected chi connectivity index (χ0v) is 16.5. The Labute approximate surface area is 164 Å². The van der Waals surface area contributed by atoms with Gasteiger partial charge in [-0.3, -0.25) is 4.79 Å². The van der Waals surface area contributed by atoms with Crippen LogP contribution in [0.5, 0.6) is 11.5 Å². The number of aryl methyl sites for hydroxylation is 1. The molecule has 0 atom stereocenters. The van der Waals surface area contributed by atoms with E-state index in [4.69, 9.17) is 9.47 Å². The quantitative estimate of drug-likeness (QED) is 0.710. The fourth-order valence-electron chi connectivity index (χ4n) is 2.67. The molecular formula is C22H24N2O4. The van der Waals surface area contributed by atoms with E-state index >= 15 is 0 Å². The van der Waals surface area contributed by atoms with Crippen molar-refractivity contribution in [1.82, 2.24) is 9.78 Å². The summed E-state index contributed by atoms with van der Waals surface area (Å²) in [6, 6.07) is 14.6. The van der Waals surface area contributed by atoms with Gasteiger partial charge < -0.3 is 14.6 Å². The molecule has 1 heterocycles. The molecule has 3 rings (SSSR count). The summed E-state index contributed by atoms with van der Waals surface area (Å²) in [6.07, 6.45) is 1.66. The number of aliphatic hydroxyl groups is 1. The van der Waals surface area contributed by atoms with Crippen LogP contribution in [0.15, 0.2) is 59.5 Å². The van der Waals surface area contributed by atoms with E-state index in [-0.39, 0.29) is 12.2 Å². The van der Waals surface area contributed by atoms with E-state index in [1.54, 1.807) is 44.3 Å². The molecule has 0 aliphatic rings. The fraction of sp³-hybridized carbons (Fsp3) is 0.273. The standard InChI is InChI=1S/C22H24N2O4/c1-15-5-7-16(8-6-15)17-11-21(25)24(23-13-17)18-9-10-19(20(12-18)27-4)28-14-22(2,3)26/h5-13,26H,14H2,1-4H3. The van der Waals surface area contributed by atoms with Crippen molar-refractivity contribution >= 4 is 0 Å². The van der Waals surface area contributed by atoms with Crippen LogP contribution in [-0.4, -0.2) is 34.2 Å². The second-order valence-corrected chi connectivity index (χ2v) is 7.30. The molecule has 2 aromatic carbocycles. The molecule has 1 aromatic heterocycles. The molecule has 0 aliphatic carbocycles. The summed E-state index contributed by atoms with van der Waals surface area (Å²) in [4.78, 5) is 12.6. The van der Waals surface area contributed by atoms with Gasteiger partial charge in [0.15, 0.2) is 11.5 Å². The zero-order valence-electron chi connectivity index (χ0n) is 16.5.